The summed E-state index contributed by atoms with van der Waals surface area (Å²) >= 11 is 0. The maximum Gasteiger partial charge on any atom is 0.163 e. The van der Waals surface area contributed by atoms with Gasteiger partial charge in [-0.25, -0.2) is 0 Å². The summed E-state index contributed by atoms with van der Waals surface area (Å²) in [6.45, 7) is 1.49. The molecule has 28 heavy (non-hydrogen) atoms. The molecule has 0 saturated heterocycles. The second kappa shape index (κ2) is 8.79. The van der Waals surface area contributed by atoms with Crippen molar-refractivity contribution in [3.8, 4) is 11.5 Å². The van der Waals surface area contributed by atoms with E-state index in [1.54, 1.807) is 13.3 Å². The largest absolute Gasteiger partial charge is 0.493 e. The molecule has 0 radical (unpaired) electrons. The van der Waals surface area contributed by atoms with Crippen LogP contribution in [0.4, 0.5) is 11.4 Å². The Balaban J connectivity index is 1.64. The normalized spacial score (nSPS) is 13.6. The molecule has 3 aromatic rings. The van der Waals surface area contributed by atoms with Crippen LogP contribution in [0.5, 0.6) is 11.5 Å². The van der Waals surface area contributed by atoms with E-state index in [4.69, 9.17) is 9.47 Å². The van der Waals surface area contributed by atoms with Crippen molar-refractivity contribution in [3.63, 3.8) is 0 Å². The predicted molar refractivity (Wildman–Crippen MR) is 112 cm³/mol. The molecule has 0 unspecified atom stereocenters. The van der Waals surface area contributed by atoms with E-state index in [9.17, 15) is 0 Å². The third kappa shape index (κ3) is 4.28. The number of hydrogen-bond donors (Lipinski definition) is 0. The maximum atomic E-state index is 6.14. The van der Waals surface area contributed by atoms with Crippen molar-refractivity contribution in [2.45, 2.75) is 25.8 Å². The standard InChI is InChI=1S/C24H26N2O2/c1-27-23-13-12-22(15-24(23)28-18-19-7-5-8-19)26(21-10-3-2-4-11-21)17-20-9-6-14-25-16-20/h2-4,6,9-16,19H,5,7-8,17-18H2,1H3. The van der Waals surface area contributed by atoms with E-state index in [0.29, 0.717) is 5.92 Å². The van der Waals surface area contributed by atoms with Gasteiger partial charge in [0, 0.05) is 36.4 Å². The average Bonchev–Trinajstić information content (AvgIpc) is 2.72. The number of hydrogen-bond acceptors (Lipinski definition) is 4. The van der Waals surface area contributed by atoms with Crippen molar-refractivity contribution in [3.05, 3.63) is 78.6 Å². The van der Waals surface area contributed by atoms with Gasteiger partial charge in [0.2, 0.25) is 0 Å². The molecule has 2 aromatic carbocycles. The quantitative estimate of drug-likeness (QED) is 0.513. The fourth-order valence-electron chi connectivity index (χ4n) is 3.43. The molecule has 0 spiro atoms. The van der Waals surface area contributed by atoms with Crippen molar-refractivity contribution < 1.29 is 9.47 Å². The van der Waals surface area contributed by atoms with Crippen LogP contribution in [-0.4, -0.2) is 18.7 Å². The number of para-hydroxylation sites is 1. The number of nitrogens with zero attached hydrogens (tertiary/aromatic N) is 2. The minimum atomic E-state index is 0.675. The van der Waals surface area contributed by atoms with Gasteiger partial charge in [0.1, 0.15) is 0 Å². The lowest BCUT2D eigenvalue weighted by Crippen LogP contribution is -2.20. The number of benzene rings is 2. The molecule has 0 aliphatic heterocycles. The van der Waals surface area contributed by atoms with Crippen LogP contribution in [-0.2, 0) is 6.54 Å². The van der Waals surface area contributed by atoms with E-state index in [0.717, 1.165) is 41.6 Å². The van der Waals surface area contributed by atoms with Crippen molar-refractivity contribution in [2.24, 2.45) is 5.92 Å². The molecule has 1 saturated carbocycles. The van der Waals surface area contributed by atoms with Crippen molar-refractivity contribution in [2.75, 3.05) is 18.6 Å². The molecule has 1 fully saturated rings. The van der Waals surface area contributed by atoms with Crippen molar-refractivity contribution in [1.29, 1.82) is 0 Å². The van der Waals surface area contributed by atoms with E-state index in [1.807, 2.05) is 24.4 Å². The highest BCUT2D eigenvalue weighted by atomic mass is 16.5. The Bertz CT molecular complexity index is 880. The van der Waals surface area contributed by atoms with Crippen LogP contribution in [0.3, 0.4) is 0 Å². The smallest absolute Gasteiger partial charge is 0.163 e. The summed E-state index contributed by atoms with van der Waals surface area (Å²) < 4.78 is 11.7. The number of anilines is 2. The van der Waals surface area contributed by atoms with Gasteiger partial charge in [-0.3, -0.25) is 4.98 Å². The van der Waals surface area contributed by atoms with E-state index in [-0.39, 0.29) is 0 Å². The third-order valence-electron chi connectivity index (χ3n) is 5.29. The van der Waals surface area contributed by atoms with Gasteiger partial charge in [-0.15, -0.1) is 0 Å². The molecule has 0 bridgehead atoms. The zero-order valence-corrected chi connectivity index (χ0v) is 16.3. The van der Waals surface area contributed by atoms with Crippen LogP contribution in [0.1, 0.15) is 24.8 Å². The molecule has 4 heteroatoms. The predicted octanol–water partition coefficient (Wildman–Crippen LogP) is 5.61. The Morgan fingerprint density at radius 2 is 1.82 bits per heavy atom. The highest BCUT2D eigenvalue weighted by molar-refractivity contribution is 5.66. The van der Waals surface area contributed by atoms with E-state index in [2.05, 4.69) is 52.3 Å². The van der Waals surface area contributed by atoms with Gasteiger partial charge in [0.25, 0.3) is 0 Å². The summed E-state index contributed by atoms with van der Waals surface area (Å²) in [5, 5.41) is 0. The van der Waals surface area contributed by atoms with Crippen molar-refractivity contribution in [1.82, 2.24) is 4.98 Å². The van der Waals surface area contributed by atoms with E-state index in [1.165, 1.54) is 19.3 Å². The fourth-order valence-corrected chi connectivity index (χ4v) is 3.43. The van der Waals surface area contributed by atoms with E-state index < -0.39 is 0 Å². The first-order valence-corrected chi connectivity index (χ1v) is 9.86. The molecule has 4 nitrogen and oxygen atoms in total. The summed E-state index contributed by atoms with van der Waals surface area (Å²) in [6, 6.07) is 20.6. The van der Waals surface area contributed by atoms with Crippen LogP contribution in [0.2, 0.25) is 0 Å². The SMILES string of the molecule is COc1ccc(N(Cc2cccnc2)c2ccccc2)cc1OCC1CCC1. The molecule has 0 N–H and O–H groups in total. The molecule has 1 aliphatic rings. The summed E-state index contributed by atoms with van der Waals surface area (Å²) in [6.07, 6.45) is 7.56. The van der Waals surface area contributed by atoms with Crippen LogP contribution < -0.4 is 14.4 Å². The molecule has 1 aliphatic carbocycles. The zero-order valence-electron chi connectivity index (χ0n) is 16.3. The Kier molecular flexibility index (Phi) is 5.76. The summed E-state index contributed by atoms with van der Waals surface area (Å²) in [5.74, 6) is 2.26. The zero-order chi connectivity index (χ0) is 19.2. The second-order valence-corrected chi connectivity index (χ2v) is 7.23. The van der Waals surface area contributed by atoms with Gasteiger partial charge in [0.05, 0.1) is 13.7 Å². The fraction of sp³-hybridized carbons (Fsp3) is 0.292. The first-order valence-electron chi connectivity index (χ1n) is 9.86. The number of ether oxygens (including phenoxy) is 2. The molecule has 1 heterocycles. The first kappa shape index (κ1) is 18.4. The first-order chi connectivity index (χ1) is 13.8. The minimum absolute atomic E-state index is 0.675. The van der Waals surface area contributed by atoms with Gasteiger partial charge >= 0.3 is 0 Å². The van der Waals surface area contributed by atoms with Crippen LogP contribution in [0, 0.1) is 5.92 Å². The lowest BCUT2D eigenvalue weighted by Gasteiger charge is -2.28. The molecule has 0 amide bonds. The van der Waals surface area contributed by atoms with Gasteiger partial charge in [-0.2, -0.15) is 0 Å². The molecular formula is C24H26N2O2. The Morgan fingerprint density at radius 1 is 0.964 bits per heavy atom. The number of pyridine rings is 1. The lowest BCUT2D eigenvalue weighted by molar-refractivity contribution is 0.176. The number of methoxy groups -OCH3 is 1. The monoisotopic (exact) mass is 374 g/mol. The lowest BCUT2D eigenvalue weighted by atomic mass is 9.86. The number of rotatable bonds is 8. The average molecular weight is 374 g/mol. The van der Waals surface area contributed by atoms with Crippen LogP contribution in [0.15, 0.2) is 73.1 Å². The Morgan fingerprint density at radius 3 is 2.50 bits per heavy atom. The summed E-state index contributed by atoms with van der Waals surface area (Å²) in [4.78, 5) is 6.53. The molecule has 1 aromatic heterocycles. The molecule has 0 atom stereocenters. The Hall–Kier alpha value is -3.01. The highest BCUT2D eigenvalue weighted by Crippen LogP contribution is 2.37. The maximum absolute atomic E-state index is 6.14. The topological polar surface area (TPSA) is 34.6 Å². The van der Waals surface area contributed by atoms with Gasteiger partial charge in [-0.1, -0.05) is 30.7 Å². The van der Waals surface area contributed by atoms with Gasteiger partial charge in [-0.05, 0) is 54.7 Å². The third-order valence-corrected chi connectivity index (χ3v) is 5.29. The Labute approximate surface area is 166 Å². The van der Waals surface area contributed by atoms with Crippen LogP contribution in [0.25, 0.3) is 0 Å². The second-order valence-electron chi connectivity index (χ2n) is 7.23. The number of aromatic nitrogens is 1. The summed E-state index contributed by atoms with van der Waals surface area (Å²) in [7, 11) is 1.69. The molecule has 144 valence electrons. The van der Waals surface area contributed by atoms with Crippen LogP contribution >= 0.6 is 0 Å². The van der Waals surface area contributed by atoms with Gasteiger partial charge in [0.15, 0.2) is 11.5 Å². The highest BCUT2D eigenvalue weighted by Gasteiger charge is 2.20. The van der Waals surface area contributed by atoms with Crippen molar-refractivity contribution >= 4 is 11.4 Å². The van der Waals surface area contributed by atoms with Gasteiger partial charge < -0.3 is 14.4 Å². The molecular weight excluding hydrogens is 348 g/mol. The van der Waals surface area contributed by atoms with E-state index >= 15 is 0 Å². The minimum Gasteiger partial charge on any atom is -0.493 e. The summed E-state index contributed by atoms with van der Waals surface area (Å²) in [5.41, 5.74) is 3.35. The molecule has 4 rings (SSSR count).